The van der Waals surface area contributed by atoms with E-state index in [4.69, 9.17) is 4.31 Å². The highest BCUT2D eigenvalue weighted by atomic mass is 31.3. The summed E-state index contributed by atoms with van der Waals surface area (Å²) < 4.78 is 8.30. The molecule has 4 heterocycles. The lowest BCUT2D eigenvalue weighted by Gasteiger charge is -2.32. The van der Waals surface area contributed by atoms with Crippen LogP contribution in [0.2, 0.25) is 0 Å². The van der Waals surface area contributed by atoms with Crippen LogP contribution in [-0.4, -0.2) is 0 Å². The Labute approximate surface area is 250 Å². The average molecular weight is 581 g/mol. The summed E-state index contributed by atoms with van der Waals surface area (Å²) in [5.74, 6) is 0. The van der Waals surface area contributed by atoms with E-state index < -0.39 is 15.0 Å². The van der Waals surface area contributed by atoms with Crippen LogP contribution in [0, 0.1) is 0 Å². The molecule has 0 atom stereocenters. The second kappa shape index (κ2) is 11.8. The van der Waals surface area contributed by atoms with Crippen LogP contribution in [0.1, 0.15) is 17.5 Å². The lowest BCUT2D eigenvalue weighted by molar-refractivity contribution is 0.696. The first-order chi connectivity index (χ1) is 20.8. The summed E-state index contributed by atoms with van der Waals surface area (Å²) in [5.41, 5.74) is 2.75. The van der Waals surface area contributed by atoms with E-state index in [0.29, 0.717) is 0 Å². The standard InChI is InChI=1S/C39H34OP2/c1-5-16-34(17-6-1)41(35-18-7-2-8-19-35)38-28-24-32(25-29-38)14-13-15-33-26-30-39(31-27-33)42(40-41,36-20-9-3-10-21-36)37-22-11-4-12-23-37/h1-12,16-31H,13-15H2/q+2. The molecule has 1 nitrogen and oxygen atoms in total. The highest BCUT2D eigenvalue weighted by Gasteiger charge is 2.63. The van der Waals surface area contributed by atoms with Gasteiger partial charge >= 0.3 is 0 Å². The summed E-state index contributed by atoms with van der Waals surface area (Å²) >= 11 is 0. The fourth-order valence-corrected chi connectivity index (χ4v) is 15.2. The lowest BCUT2D eigenvalue weighted by Crippen LogP contribution is -2.39. The van der Waals surface area contributed by atoms with Crippen LogP contribution in [0.4, 0.5) is 0 Å². The van der Waals surface area contributed by atoms with E-state index in [-0.39, 0.29) is 0 Å². The maximum absolute atomic E-state index is 8.30. The molecule has 6 aromatic carbocycles. The molecule has 0 aliphatic carbocycles. The molecule has 0 spiro atoms. The van der Waals surface area contributed by atoms with Gasteiger partial charge in [0.15, 0.2) is 0 Å². The van der Waals surface area contributed by atoms with Crippen molar-refractivity contribution in [3.8, 4) is 0 Å². The largest absolute Gasteiger partial charge is 0.292 e. The molecule has 10 rings (SSSR count). The smallest absolute Gasteiger partial charge is 0.0710 e. The van der Waals surface area contributed by atoms with Gasteiger partial charge in [-0.1, -0.05) is 101 Å². The predicted octanol–water partition coefficient (Wildman–Crippen LogP) is 7.31. The summed E-state index contributed by atoms with van der Waals surface area (Å²) in [5, 5.41) is 7.39. The van der Waals surface area contributed by atoms with Crippen LogP contribution >= 0.6 is 15.0 Å². The Hall–Kier alpha value is -3.86. The normalized spacial score (nSPS) is 15.6. The van der Waals surface area contributed by atoms with Crippen molar-refractivity contribution in [1.29, 1.82) is 0 Å². The molecule has 0 fully saturated rings. The summed E-state index contributed by atoms with van der Waals surface area (Å²) in [7, 11) is -5.29. The second-order valence-corrected chi connectivity index (χ2v) is 17.0. The van der Waals surface area contributed by atoms with Crippen molar-refractivity contribution in [1.82, 2.24) is 0 Å². The maximum Gasteiger partial charge on any atom is 0.292 e. The highest BCUT2D eigenvalue weighted by molar-refractivity contribution is 8.03. The van der Waals surface area contributed by atoms with Gasteiger partial charge in [-0.15, -0.1) is 0 Å². The van der Waals surface area contributed by atoms with Crippen LogP contribution < -0.4 is 31.8 Å². The third-order valence-corrected chi connectivity index (χ3v) is 16.4. The van der Waals surface area contributed by atoms with Crippen molar-refractivity contribution in [3.05, 3.63) is 181 Å². The fraction of sp³-hybridized carbons (Fsp3) is 0.0769. The number of rotatable bonds is 4. The minimum absolute atomic E-state index is 1.07. The first-order valence-electron chi connectivity index (χ1n) is 14.7. The Morgan fingerprint density at radius 1 is 0.310 bits per heavy atom. The second-order valence-electron chi connectivity index (χ2n) is 10.8. The third kappa shape index (κ3) is 4.83. The number of aryl methyl sites for hydroxylation is 2. The first-order valence-corrected chi connectivity index (χ1v) is 18.1. The minimum Gasteiger partial charge on any atom is -0.0710 e. The van der Waals surface area contributed by atoms with Crippen LogP contribution in [0.25, 0.3) is 0 Å². The maximum atomic E-state index is 8.30. The molecule has 0 saturated heterocycles. The van der Waals surface area contributed by atoms with Crippen LogP contribution in [0.15, 0.2) is 170 Å². The van der Waals surface area contributed by atoms with Crippen molar-refractivity contribution in [3.63, 3.8) is 0 Å². The number of hydrogen-bond donors (Lipinski definition) is 0. The van der Waals surface area contributed by atoms with Crippen molar-refractivity contribution >= 4 is 46.8 Å². The van der Waals surface area contributed by atoms with E-state index in [1.165, 1.54) is 43.0 Å². The predicted molar refractivity (Wildman–Crippen MR) is 183 cm³/mol. The molecular weight excluding hydrogens is 546 g/mol. The van der Waals surface area contributed by atoms with E-state index in [0.717, 1.165) is 19.3 Å². The van der Waals surface area contributed by atoms with Gasteiger partial charge in [-0.3, -0.25) is 0 Å². The Morgan fingerprint density at radius 3 is 0.857 bits per heavy atom. The monoisotopic (exact) mass is 580 g/mol. The van der Waals surface area contributed by atoms with E-state index >= 15 is 0 Å². The van der Waals surface area contributed by atoms with Crippen LogP contribution in [0.5, 0.6) is 0 Å². The van der Waals surface area contributed by atoms with Gasteiger partial charge in [-0.2, -0.15) is 0 Å². The Bertz CT molecular complexity index is 1520. The zero-order valence-electron chi connectivity index (χ0n) is 23.6. The molecule has 0 N–H and O–H groups in total. The Balaban J connectivity index is 1.64. The van der Waals surface area contributed by atoms with Gasteiger partial charge in [0.1, 0.15) is 31.8 Å². The van der Waals surface area contributed by atoms with E-state index in [1.54, 1.807) is 0 Å². The van der Waals surface area contributed by atoms with Crippen molar-refractivity contribution in [2.24, 2.45) is 0 Å². The van der Waals surface area contributed by atoms with E-state index in [1.807, 2.05) is 0 Å². The Kier molecular flexibility index (Phi) is 7.58. The van der Waals surface area contributed by atoms with Crippen LogP contribution in [-0.2, 0) is 17.2 Å². The summed E-state index contributed by atoms with van der Waals surface area (Å²) in [6.07, 6.45) is 3.26. The Morgan fingerprint density at radius 2 is 0.571 bits per heavy atom. The molecule has 42 heavy (non-hydrogen) atoms. The third-order valence-electron chi connectivity index (χ3n) is 8.25. The molecule has 0 saturated carbocycles. The zero-order valence-corrected chi connectivity index (χ0v) is 25.4. The summed E-state index contributed by atoms with van der Waals surface area (Å²) in [6, 6.07) is 62.5. The van der Waals surface area contributed by atoms with E-state index in [9.17, 15) is 0 Å². The molecule has 0 radical (unpaired) electrons. The van der Waals surface area contributed by atoms with Crippen molar-refractivity contribution < 1.29 is 4.31 Å². The minimum atomic E-state index is -2.65. The molecule has 4 bridgehead atoms. The van der Waals surface area contributed by atoms with Crippen molar-refractivity contribution in [2.45, 2.75) is 19.3 Å². The summed E-state index contributed by atoms with van der Waals surface area (Å²) in [4.78, 5) is 0. The van der Waals surface area contributed by atoms with Crippen LogP contribution in [0.3, 0.4) is 0 Å². The van der Waals surface area contributed by atoms with Gasteiger partial charge in [-0.05, 0) is 103 Å². The zero-order chi connectivity index (χ0) is 28.2. The van der Waals surface area contributed by atoms with Gasteiger partial charge < -0.3 is 0 Å². The molecule has 0 aromatic heterocycles. The molecule has 4 aliphatic heterocycles. The molecule has 3 heteroatoms. The first kappa shape index (κ1) is 27.0. The number of benzene rings is 6. The van der Waals surface area contributed by atoms with Gasteiger partial charge in [0.25, 0.3) is 15.0 Å². The topological polar surface area (TPSA) is 9.23 Å². The van der Waals surface area contributed by atoms with E-state index in [2.05, 4.69) is 170 Å². The van der Waals surface area contributed by atoms with Gasteiger partial charge in [-0.25, -0.2) is 0 Å². The average Bonchev–Trinajstić information content (AvgIpc) is 3.08. The molecule has 4 aliphatic rings. The van der Waals surface area contributed by atoms with Gasteiger partial charge in [0.2, 0.25) is 0 Å². The van der Waals surface area contributed by atoms with Gasteiger partial charge in [0.05, 0.1) is 0 Å². The molecular formula is C39H34OP2+2. The van der Waals surface area contributed by atoms with Gasteiger partial charge in [0, 0.05) is 0 Å². The molecule has 204 valence electrons. The highest BCUT2D eigenvalue weighted by Crippen LogP contribution is 2.72. The number of hydrogen-bond acceptors (Lipinski definition) is 1. The SMILES string of the molecule is c1ccc([P+]2(c3ccccc3)O[P+](c3ccccc3)(c3ccccc3)c3ccc(cc3)CCCc3ccc2cc3)cc1. The molecule has 0 unspecified atom stereocenters. The lowest BCUT2D eigenvalue weighted by atomic mass is 10.0. The molecule has 6 aromatic rings. The van der Waals surface area contributed by atoms with Crippen molar-refractivity contribution in [2.75, 3.05) is 0 Å². The summed E-state index contributed by atoms with van der Waals surface area (Å²) in [6.45, 7) is 0. The fourth-order valence-electron chi connectivity index (χ4n) is 6.15. The molecule has 0 amide bonds. The quantitative estimate of drug-likeness (QED) is 0.199.